The van der Waals surface area contributed by atoms with Gasteiger partial charge in [0, 0.05) is 5.92 Å². The summed E-state index contributed by atoms with van der Waals surface area (Å²) in [6.45, 7) is 12.0. The lowest BCUT2D eigenvalue weighted by Crippen LogP contribution is -2.23. The summed E-state index contributed by atoms with van der Waals surface area (Å²) in [5, 5.41) is 0. The van der Waals surface area contributed by atoms with Gasteiger partial charge in [0.05, 0.1) is 5.41 Å². The minimum absolute atomic E-state index is 0.149. The molecular weight excluding hydrogens is 260 g/mol. The van der Waals surface area contributed by atoms with Crippen LogP contribution in [-0.2, 0) is 9.53 Å². The van der Waals surface area contributed by atoms with Gasteiger partial charge >= 0.3 is 5.97 Å². The quantitative estimate of drug-likeness (QED) is 0.582. The van der Waals surface area contributed by atoms with E-state index in [2.05, 4.69) is 31.2 Å². The van der Waals surface area contributed by atoms with E-state index in [-0.39, 0.29) is 5.97 Å². The van der Waals surface area contributed by atoms with Gasteiger partial charge in [-0.25, -0.2) is 0 Å². The molecule has 114 valence electrons. The molecule has 1 aromatic rings. The van der Waals surface area contributed by atoms with Crippen molar-refractivity contribution in [1.82, 2.24) is 0 Å². The Morgan fingerprint density at radius 3 is 2.14 bits per heavy atom. The highest BCUT2D eigenvalue weighted by atomic mass is 16.5. The monoisotopic (exact) mass is 286 g/mol. The van der Waals surface area contributed by atoms with Crippen molar-refractivity contribution in [2.24, 2.45) is 17.3 Å². The van der Waals surface area contributed by atoms with E-state index in [1.54, 1.807) is 0 Å². The molecule has 0 saturated heterocycles. The van der Waals surface area contributed by atoms with Crippen molar-refractivity contribution in [3.8, 4) is 0 Å². The first kappa shape index (κ1) is 15.8. The van der Waals surface area contributed by atoms with Gasteiger partial charge in [-0.15, -0.1) is 0 Å². The van der Waals surface area contributed by atoms with Gasteiger partial charge in [-0.05, 0) is 57.6 Å². The Labute approximate surface area is 128 Å². The lowest BCUT2D eigenvalue weighted by Gasteiger charge is -2.19. The van der Waals surface area contributed by atoms with E-state index in [9.17, 15) is 4.79 Å². The van der Waals surface area contributed by atoms with Gasteiger partial charge in [0.25, 0.3) is 0 Å². The van der Waals surface area contributed by atoms with Crippen molar-refractivity contribution in [2.45, 2.75) is 47.5 Å². The second kappa shape index (κ2) is 5.67. The Balaban J connectivity index is 2.19. The van der Waals surface area contributed by atoms with Crippen molar-refractivity contribution in [1.29, 1.82) is 0 Å². The number of ether oxygens (including phenoxy) is 1. The van der Waals surface area contributed by atoms with Crippen molar-refractivity contribution in [3.05, 3.63) is 47.2 Å². The van der Waals surface area contributed by atoms with Crippen LogP contribution in [0.3, 0.4) is 0 Å². The van der Waals surface area contributed by atoms with Crippen molar-refractivity contribution >= 4 is 5.97 Å². The Morgan fingerprint density at radius 1 is 1.10 bits per heavy atom. The SMILES string of the molecule is CC(C)=C(OC(=O)C(C)(C)C)[C@H]1[C@H](C)[C@H]1c1ccccc1. The summed E-state index contributed by atoms with van der Waals surface area (Å²) in [5.74, 6) is 2.03. The largest absolute Gasteiger partial charge is 0.430 e. The minimum Gasteiger partial charge on any atom is -0.430 e. The van der Waals surface area contributed by atoms with Gasteiger partial charge in [-0.1, -0.05) is 37.3 Å². The van der Waals surface area contributed by atoms with Crippen LogP contribution in [0.2, 0.25) is 0 Å². The Hall–Kier alpha value is -1.57. The summed E-state index contributed by atoms with van der Waals surface area (Å²) in [6.07, 6.45) is 0. The number of rotatable bonds is 3. The Morgan fingerprint density at radius 2 is 1.67 bits per heavy atom. The van der Waals surface area contributed by atoms with Crippen molar-refractivity contribution in [3.63, 3.8) is 0 Å². The molecule has 2 heteroatoms. The second-order valence-electron chi connectivity index (χ2n) is 7.33. The smallest absolute Gasteiger partial charge is 0.316 e. The fourth-order valence-corrected chi connectivity index (χ4v) is 2.81. The van der Waals surface area contributed by atoms with Crippen LogP contribution in [0.4, 0.5) is 0 Å². The van der Waals surface area contributed by atoms with Crippen LogP contribution < -0.4 is 0 Å². The van der Waals surface area contributed by atoms with E-state index < -0.39 is 5.41 Å². The van der Waals surface area contributed by atoms with Gasteiger partial charge in [0.15, 0.2) is 0 Å². The molecule has 0 amide bonds. The van der Waals surface area contributed by atoms with E-state index in [1.165, 1.54) is 5.56 Å². The summed E-state index contributed by atoms with van der Waals surface area (Å²) < 4.78 is 5.76. The lowest BCUT2D eigenvalue weighted by atomic mass is 9.97. The third kappa shape index (κ3) is 3.37. The molecule has 0 radical (unpaired) electrons. The maximum absolute atomic E-state index is 12.2. The van der Waals surface area contributed by atoms with Crippen LogP contribution in [0.5, 0.6) is 0 Å². The van der Waals surface area contributed by atoms with E-state index >= 15 is 0 Å². The number of carbonyl (C=O) groups is 1. The molecule has 0 spiro atoms. The first-order valence-electron chi connectivity index (χ1n) is 7.68. The minimum atomic E-state index is -0.471. The molecule has 3 atom stereocenters. The molecule has 0 heterocycles. The fraction of sp³-hybridized carbons (Fsp3) is 0.526. The summed E-state index contributed by atoms with van der Waals surface area (Å²) >= 11 is 0. The third-order valence-electron chi connectivity index (χ3n) is 4.17. The van der Waals surface area contributed by atoms with Crippen LogP contribution in [0.1, 0.15) is 53.0 Å². The predicted octanol–water partition coefficient (Wildman–Crippen LogP) is 4.92. The molecule has 1 saturated carbocycles. The second-order valence-corrected chi connectivity index (χ2v) is 7.33. The number of carbonyl (C=O) groups excluding carboxylic acids is 1. The van der Waals surface area contributed by atoms with Crippen LogP contribution in [0.15, 0.2) is 41.7 Å². The van der Waals surface area contributed by atoms with Crippen molar-refractivity contribution < 1.29 is 9.53 Å². The zero-order chi connectivity index (χ0) is 15.8. The molecule has 0 bridgehead atoms. The van der Waals surface area contributed by atoms with Gasteiger partial charge < -0.3 is 4.74 Å². The van der Waals surface area contributed by atoms with Crippen LogP contribution >= 0.6 is 0 Å². The van der Waals surface area contributed by atoms with E-state index in [4.69, 9.17) is 4.74 Å². The first-order chi connectivity index (χ1) is 9.73. The molecule has 1 aromatic carbocycles. The molecule has 21 heavy (non-hydrogen) atoms. The van der Waals surface area contributed by atoms with Crippen LogP contribution in [0.25, 0.3) is 0 Å². The zero-order valence-corrected chi connectivity index (χ0v) is 13.9. The molecule has 1 fully saturated rings. The molecule has 1 aliphatic rings. The number of hydrogen-bond acceptors (Lipinski definition) is 2. The Kier molecular flexibility index (Phi) is 4.27. The van der Waals surface area contributed by atoms with Crippen LogP contribution in [-0.4, -0.2) is 5.97 Å². The maximum Gasteiger partial charge on any atom is 0.316 e. The molecule has 0 aliphatic heterocycles. The number of allylic oxidation sites excluding steroid dienone is 2. The fourth-order valence-electron chi connectivity index (χ4n) is 2.81. The summed E-state index contributed by atoms with van der Waals surface area (Å²) in [6, 6.07) is 10.5. The Bertz CT molecular complexity index is 545. The van der Waals surface area contributed by atoms with Crippen molar-refractivity contribution in [2.75, 3.05) is 0 Å². The maximum atomic E-state index is 12.2. The molecule has 0 N–H and O–H groups in total. The lowest BCUT2D eigenvalue weighted by molar-refractivity contribution is -0.149. The van der Waals surface area contributed by atoms with Gasteiger partial charge in [0.1, 0.15) is 5.76 Å². The molecule has 2 nitrogen and oxygen atoms in total. The normalized spacial score (nSPS) is 24.4. The predicted molar refractivity (Wildman–Crippen MR) is 85.8 cm³/mol. The molecular formula is C19H26O2. The highest BCUT2D eigenvalue weighted by Gasteiger charge is 2.51. The summed E-state index contributed by atoms with van der Waals surface area (Å²) in [5.41, 5.74) is 1.96. The summed E-state index contributed by atoms with van der Waals surface area (Å²) in [7, 11) is 0. The van der Waals surface area contributed by atoms with Gasteiger partial charge in [-0.3, -0.25) is 4.79 Å². The molecule has 1 aliphatic carbocycles. The standard InChI is InChI=1S/C19H26O2/c1-12(2)17(21-18(20)19(4,5)6)16-13(3)15(16)14-10-8-7-9-11-14/h7-11,13,15-16H,1-6H3/t13-,15+,16+/m1/s1. The number of esters is 1. The molecule has 2 rings (SSSR count). The van der Waals surface area contributed by atoms with E-state index in [0.717, 1.165) is 11.3 Å². The number of benzene rings is 1. The molecule has 0 aromatic heterocycles. The van der Waals surface area contributed by atoms with Gasteiger partial charge in [0.2, 0.25) is 0 Å². The topological polar surface area (TPSA) is 26.3 Å². The highest BCUT2D eigenvalue weighted by molar-refractivity contribution is 5.76. The van der Waals surface area contributed by atoms with Gasteiger partial charge in [-0.2, -0.15) is 0 Å². The average Bonchev–Trinajstić information content (AvgIpc) is 3.06. The highest BCUT2D eigenvalue weighted by Crippen LogP contribution is 2.58. The first-order valence-corrected chi connectivity index (χ1v) is 7.68. The average molecular weight is 286 g/mol. The summed E-state index contributed by atoms with van der Waals surface area (Å²) in [4.78, 5) is 12.2. The van der Waals surface area contributed by atoms with Crippen LogP contribution in [0, 0.1) is 17.3 Å². The molecule has 0 unspecified atom stereocenters. The third-order valence-corrected chi connectivity index (χ3v) is 4.17. The van der Waals surface area contributed by atoms with E-state index in [0.29, 0.717) is 17.8 Å². The van der Waals surface area contributed by atoms with E-state index in [1.807, 2.05) is 40.7 Å². The number of hydrogen-bond donors (Lipinski definition) is 0. The zero-order valence-electron chi connectivity index (χ0n) is 13.9.